The van der Waals surface area contributed by atoms with Gasteiger partial charge in [0.1, 0.15) is 0 Å². The lowest BCUT2D eigenvalue weighted by Crippen LogP contribution is -2.13. The topological polar surface area (TPSA) is 72.3 Å². The van der Waals surface area contributed by atoms with Crippen LogP contribution in [0.5, 0.6) is 0 Å². The number of nitrogens with one attached hydrogen (secondary N) is 1. The lowest BCUT2D eigenvalue weighted by Gasteiger charge is -2.21. The van der Waals surface area contributed by atoms with Crippen molar-refractivity contribution in [2.45, 2.75) is 38.6 Å². The number of imidazole rings is 1. The molecule has 1 saturated carbocycles. The fraction of sp³-hybridized carbons (Fsp3) is 0.333. The number of aromatic amines is 1. The molecule has 136 valence electrons. The molecule has 0 atom stereocenters. The van der Waals surface area contributed by atoms with Gasteiger partial charge in [-0.05, 0) is 24.3 Å². The third kappa shape index (κ3) is 3.23. The van der Waals surface area contributed by atoms with E-state index in [0.717, 1.165) is 46.1 Å². The minimum absolute atomic E-state index is 0.726. The normalized spacial score (nSPS) is 15.4. The minimum atomic E-state index is 0.726. The molecule has 5 rings (SSSR count). The van der Waals surface area contributed by atoms with Crippen LogP contribution in [0.25, 0.3) is 33.7 Å². The predicted molar refractivity (Wildman–Crippen MR) is 105 cm³/mol. The van der Waals surface area contributed by atoms with Crippen LogP contribution in [-0.4, -0.2) is 29.7 Å². The van der Waals surface area contributed by atoms with Gasteiger partial charge in [-0.2, -0.15) is 5.10 Å². The number of rotatable bonds is 4. The van der Waals surface area contributed by atoms with Crippen molar-refractivity contribution in [2.75, 3.05) is 0 Å². The van der Waals surface area contributed by atoms with Gasteiger partial charge >= 0.3 is 0 Å². The summed E-state index contributed by atoms with van der Waals surface area (Å²) in [6.07, 6.45) is 14.1. The molecular formula is C21H22N6. The maximum Gasteiger partial charge on any atom is 0.197 e. The van der Waals surface area contributed by atoms with Crippen LogP contribution in [0.4, 0.5) is 0 Å². The molecule has 0 bridgehead atoms. The highest BCUT2D eigenvalue weighted by molar-refractivity contribution is 5.72. The Morgan fingerprint density at radius 1 is 0.926 bits per heavy atom. The Kier molecular flexibility index (Phi) is 4.16. The van der Waals surface area contributed by atoms with Crippen LogP contribution in [0.3, 0.4) is 0 Å². The zero-order valence-electron chi connectivity index (χ0n) is 15.2. The van der Waals surface area contributed by atoms with Crippen LogP contribution in [0, 0.1) is 5.92 Å². The lowest BCUT2D eigenvalue weighted by atomic mass is 9.89. The lowest BCUT2D eigenvalue weighted by molar-refractivity contribution is 0.321. The number of nitrogens with zero attached hydrogens (tertiary/aromatic N) is 5. The average Bonchev–Trinajstić information content (AvgIpc) is 3.39. The van der Waals surface area contributed by atoms with E-state index in [9.17, 15) is 0 Å². The molecule has 6 nitrogen and oxygen atoms in total. The maximum atomic E-state index is 4.88. The molecule has 1 fully saturated rings. The highest BCUT2D eigenvalue weighted by Gasteiger charge is 2.16. The molecule has 0 amide bonds. The molecule has 3 heterocycles. The first-order valence-electron chi connectivity index (χ1n) is 9.64. The van der Waals surface area contributed by atoms with E-state index < -0.39 is 0 Å². The molecule has 1 N–H and O–H groups in total. The fourth-order valence-corrected chi connectivity index (χ4v) is 4.00. The van der Waals surface area contributed by atoms with Gasteiger partial charge in [-0.15, -0.1) is 0 Å². The van der Waals surface area contributed by atoms with Crippen molar-refractivity contribution in [3.63, 3.8) is 0 Å². The number of benzene rings is 1. The predicted octanol–water partition coefficient (Wildman–Crippen LogP) is 4.46. The van der Waals surface area contributed by atoms with Gasteiger partial charge in [-0.1, -0.05) is 43.5 Å². The number of hydrogen-bond donors (Lipinski definition) is 1. The second-order valence-corrected chi connectivity index (χ2v) is 7.37. The quantitative estimate of drug-likeness (QED) is 0.584. The summed E-state index contributed by atoms with van der Waals surface area (Å²) >= 11 is 0. The molecule has 0 radical (unpaired) electrons. The fourth-order valence-electron chi connectivity index (χ4n) is 4.00. The van der Waals surface area contributed by atoms with Crippen LogP contribution in [0.2, 0.25) is 0 Å². The Morgan fingerprint density at radius 2 is 1.74 bits per heavy atom. The Morgan fingerprint density at radius 3 is 2.52 bits per heavy atom. The summed E-state index contributed by atoms with van der Waals surface area (Å²) in [6.45, 7) is 0.994. The van der Waals surface area contributed by atoms with E-state index >= 15 is 0 Å². The molecule has 6 heteroatoms. The number of H-pyrrole nitrogens is 1. The summed E-state index contributed by atoms with van der Waals surface area (Å²) in [5.41, 5.74) is 5.76. The molecule has 1 aromatic carbocycles. The van der Waals surface area contributed by atoms with Crippen molar-refractivity contribution >= 4 is 11.3 Å². The molecule has 1 aliphatic rings. The third-order valence-electron chi connectivity index (χ3n) is 5.52. The summed E-state index contributed by atoms with van der Waals surface area (Å²) in [5.74, 6) is 0.732. The Hall–Kier alpha value is -3.02. The molecule has 0 unspecified atom stereocenters. The summed E-state index contributed by atoms with van der Waals surface area (Å²) in [6, 6.07) is 8.34. The van der Waals surface area contributed by atoms with E-state index in [2.05, 4.69) is 49.0 Å². The second kappa shape index (κ2) is 6.95. The Balaban J connectivity index is 1.44. The molecule has 0 aliphatic heterocycles. The van der Waals surface area contributed by atoms with E-state index in [1.165, 1.54) is 32.1 Å². The summed E-state index contributed by atoms with van der Waals surface area (Å²) in [5, 5.41) is 6.86. The van der Waals surface area contributed by atoms with E-state index in [-0.39, 0.29) is 0 Å². The van der Waals surface area contributed by atoms with Gasteiger partial charge in [0, 0.05) is 23.9 Å². The second-order valence-electron chi connectivity index (χ2n) is 7.37. The van der Waals surface area contributed by atoms with Crippen molar-refractivity contribution in [3.8, 4) is 22.4 Å². The molecule has 27 heavy (non-hydrogen) atoms. The van der Waals surface area contributed by atoms with Crippen molar-refractivity contribution in [1.29, 1.82) is 0 Å². The van der Waals surface area contributed by atoms with Crippen LogP contribution in [0.1, 0.15) is 32.1 Å². The first kappa shape index (κ1) is 16.2. The Labute approximate surface area is 157 Å². The van der Waals surface area contributed by atoms with Crippen LogP contribution in [-0.2, 0) is 6.54 Å². The molecule has 4 aromatic rings. The van der Waals surface area contributed by atoms with Crippen molar-refractivity contribution in [1.82, 2.24) is 29.7 Å². The SMILES string of the molecule is c1cc(-c2cnc3ncn(CC4CCCCC4)c3n2)ccc1-c1cn[nH]c1. The van der Waals surface area contributed by atoms with Crippen molar-refractivity contribution in [3.05, 3.63) is 49.2 Å². The molecule has 0 saturated heterocycles. The summed E-state index contributed by atoms with van der Waals surface area (Å²) in [4.78, 5) is 13.9. The highest BCUT2D eigenvalue weighted by Crippen LogP contribution is 2.27. The van der Waals surface area contributed by atoms with Crippen LogP contribution >= 0.6 is 0 Å². The van der Waals surface area contributed by atoms with Crippen LogP contribution in [0.15, 0.2) is 49.2 Å². The monoisotopic (exact) mass is 358 g/mol. The Bertz CT molecular complexity index is 1030. The van der Waals surface area contributed by atoms with E-state index in [1.807, 2.05) is 24.9 Å². The molecule has 3 aromatic heterocycles. The third-order valence-corrected chi connectivity index (χ3v) is 5.52. The van der Waals surface area contributed by atoms with Crippen LogP contribution < -0.4 is 0 Å². The zero-order chi connectivity index (χ0) is 18.1. The van der Waals surface area contributed by atoms with Gasteiger partial charge in [0.2, 0.25) is 0 Å². The van der Waals surface area contributed by atoms with Gasteiger partial charge in [-0.25, -0.2) is 15.0 Å². The number of hydrogen-bond acceptors (Lipinski definition) is 4. The van der Waals surface area contributed by atoms with Gasteiger partial charge in [-0.3, -0.25) is 5.10 Å². The van der Waals surface area contributed by atoms with E-state index in [4.69, 9.17) is 4.98 Å². The maximum absolute atomic E-state index is 4.88. The minimum Gasteiger partial charge on any atom is -0.314 e. The number of aromatic nitrogens is 6. The van der Waals surface area contributed by atoms with E-state index in [0.29, 0.717) is 0 Å². The van der Waals surface area contributed by atoms with E-state index in [1.54, 1.807) is 0 Å². The summed E-state index contributed by atoms with van der Waals surface area (Å²) in [7, 11) is 0. The van der Waals surface area contributed by atoms with Gasteiger partial charge in [0.05, 0.1) is 24.4 Å². The summed E-state index contributed by atoms with van der Waals surface area (Å²) < 4.78 is 2.18. The molecular weight excluding hydrogens is 336 g/mol. The van der Waals surface area contributed by atoms with Gasteiger partial charge in [0.15, 0.2) is 11.3 Å². The average molecular weight is 358 g/mol. The largest absolute Gasteiger partial charge is 0.314 e. The molecule has 1 aliphatic carbocycles. The van der Waals surface area contributed by atoms with Crippen molar-refractivity contribution < 1.29 is 0 Å². The standard InChI is InChI=1S/C21H22N6/c1-2-4-15(5-3-1)13-27-14-23-20-21(27)26-19(12-22-20)17-8-6-16(7-9-17)18-10-24-25-11-18/h6-12,14-15H,1-5,13H2,(H,24,25). The smallest absolute Gasteiger partial charge is 0.197 e. The zero-order valence-corrected chi connectivity index (χ0v) is 15.2. The first-order chi connectivity index (χ1) is 13.4. The highest BCUT2D eigenvalue weighted by atomic mass is 15.1. The van der Waals surface area contributed by atoms with Crippen molar-refractivity contribution in [2.24, 2.45) is 5.92 Å². The first-order valence-corrected chi connectivity index (χ1v) is 9.64. The van der Waals surface area contributed by atoms with Gasteiger partial charge in [0.25, 0.3) is 0 Å². The van der Waals surface area contributed by atoms with Gasteiger partial charge < -0.3 is 4.57 Å². The number of fused-ring (bicyclic) bond motifs is 1. The molecule has 0 spiro atoms.